The van der Waals surface area contributed by atoms with Gasteiger partial charge in [-0.25, -0.2) is 4.99 Å². The third-order valence-electron chi connectivity index (χ3n) is 1.27. The smallest absolute Gasteiger partial charge is 0.126 e. The summed E-state index contributed by atoms with van der Waals surface area (Å²) in [6.07, 6.45) is 2.29. The molecule has 0 aromatic carbocycles. The Hall–Kier alpha value is -0.0500. The maximum atomic E-state index is 8.71. The fraction of sp³-hybridized carbons (Fsp3) is 0.500. The molecule has 10 heavy (non-hydrogen) atoms. The van der Waals surface area contributed by atoms with Crippen LogP contribution in [0.15, 0.2) is 16.2 Å². The second kappa shape index (κ2) is 3.37. The quantitative estimate of drug-likeness (QED) is 0.612. The van der Waals surface area contributed by atoms with Gasteiger partial charge in [0.05, 0.1) is 0 Å². The SMILES string of the molecule is OCC1C=C(Cl)N=C(Cl)C1. The van der Waals surface area contributed by atoms with Gasteiger partial charge in [0.2, 0.25) is 0 Å². The van der Waals surface area contributed by atoms with Crippen molar-refractivity contribution in [2.24, 2.45) is 10.9 Å². The lowest BCUT2D eigenvalue weighted by Gasteiger charge is -2.11. The second-order valence-corrected chi connectivity index (χ2v) is 2.95. The van der Waals surface area contributed by atoms with Gasteiger partial charge in [0.15, 0.2) is 0 Å². The highest BCUT2D eigenvalue weighted by atomic mass is 35.5. The van der Waals surface area contributed by atoms with Crippen molar-refractivity contribution in [2.75, 3.05) is 6.61 Å². The molecular weight excluding hydrogens is 173 g/mol. The lowest BCUT2D eigenvalue weighted by molar-refractivity contribution is 0.255. The number of aliphatic hydroxyl groups is 1. The Kier molecular flexibility index (Phi) is 2.72. The average Bonchev–Trinajstić information content (AvgIpc) is 1.85. The zero-order valence-corrected chi connectivity index (χ0v) is 6.73. The Morgan fingerprint density at radius 3 is 2.90 bits per heavy atom. The third-order valence-corrected chi connectivity index (χ3v) is 1.72. The predicted octanol–water partition coefficient (Wildman–Crippen LogP) is 1.72. The third kappa shape index (κ3) is 1.97. The molecule has 1 heterocycles. The zero-order valence-electron chi connectivity index (χ0n) is 5.22. The van der Waals surface area contributed by atoms with Crippen LogP contribution >= 0.6 is 23.2 Å². The Balaban J connectivity index is 2.67. The fourth-order valence-corrected chi connectivity index (χ4v) is 1.40. The molecule has 1 N–H and O–H groups in total. The monoisotopic (exact) mass is 179 g/mol. The summed E-state index contributed by atoms with van der Waals surface area (Å²) in [6.45, 7) is 0.0714. The number of nitrogens with zero attached hydrogens (tertiary/aromatic N) is 1. The van der Waals surface area contributed by atoms with Crippen LogP contribution < -0.4 is 0 Å². The summed E-state index contributed by atoms with van der Waals surface area (Å²) < 4.78 is 0. The van der Waals surface area contributed by atoms with E-state index in [2.05, 4.69) is 4.99 Å². The van der Waals surface area contributed by atoms with Gasteiger partial charge in [-0.3, -0.25) is 0 Å². The Morgan fingerprint density at radius 1 is 1.70 bits per heavy atom. The van der Waals surface area contributed by atoms with E-state index < -0.39 is 0 Å². The van der Waals surface area contributed by atoms with Crippen molar-refractivity contribution in [3.8, 4) is 0 Å². The number of aliphatic imine (C=N–C) groups is 1. The van der Waals surface area contributed by atoms with Crippen LogP contribution in [-0.2, 0) is 0 Å². The number of aliphatic hydroxyl groups excluding tert-OH is 1. The summed E-state index contributed by atoms with van der Waals surface area (Å²) in [4.78, 5) is 3.78. The molecule has 1 aliphatic heterocycles. The molecule has 0 aliphatic carbocycles. The van der Waals surface area contributed by atoms with Gasteiger partial charge in [0.25, 0.3) is 0 Å². The van der Waals surface area contributed by atoms with Gasteiger partial charge in [0.1, 0.15) is 10.3 Å². The van der Waals surface area contributed by atoms with Crippen LogP contribution in [0.2, 0.25) is 0 Å². The van der Waals surface area contributed by atoms with Gasteiger partial charge in [-0.15, -0.1) is 0 Å². The summed E-state index contributed by atoms with van der Waals surface area (Å²) in [5, 5.41) is 9.54. The van der Waals surface area contributed by atoms with Gasteiger partial charge in [-0.05, 0) is 6.08 Å². The van der Waals surface area contributed by atoms with E-state index in [9.17, 15) is 0 Å². The van der Waals surface area contributed by atoms with E-state index in [0.29, 0.717) is 16.7 Å². The number of hydrogen-bond donors (Lipinski definition) is 1. The van der Waals surface area contributed by atoms with Crippen LogP contribution in [0.3, 0.4) is 0 Å². The normalized spacial score (nSPS) is 25.7. The molecule has 0 fully saturated rings. The summed E-state index contributed by atoms with van der Waals surface area (Å²) >= 11 is 11.2. The number of rotatable bonds is 1. The van der Waals surface area contributed by atoms with Crippen LogP contribution in [-0.4, -0.2) is 16.9 Å². The highest BCUT2D eigenvalue weighted by molar-refractivity contribution is 6.66. The van der Waals surface area contributed by atoms with Crippen LogP contribution in [0.4, 0.5) is 0 Å². The Bertz CT molecular complexity index is 188. The summed E-state index contributed by atoms with van der Waals surface area (Å²) in [5.74, 6) is 0.0394. The van der Waals surface area contributed by atoms with Gasteiger partial charge in [0, 0.05) is 18.9 Å². The van der Waals surface area contributed by atoms with Crippen molar-refractivity contribution in [1.82, 2.24) is 0 Å². The van der Waals surface area contributed by atoms with Crippen LogP contribution in [0.5, 0.6) is 0 Å². The predicted molar refractivity (Wildman–Crippen MR) is 42.4 cm³/mol. The van der Waals surface area contributed by atoms with E-state index in [1.54, 1.807) is 6.08 Å². The molecule has 0 saturated carbocycles. The van der Waals surface area contributed by atoms with E-state index in [0.717, 1.165) is 0 Å². The molecule has 4 heteroatoms. The van der Waals surface area contributed by atoms with E-state index in [4.69, 9.17) is 28.3 Å². The molecule has 0 aromatic heterocycles. The lowest BCUT2D eigenvalue weighted by Crippen LogP contribution is -2.10. The Morgan fingerprint density at radius 2 is 2.40 bits per heavy atom. The highest BCUT2D eigenvalue weighted by Gasteiger charge is 2.12. The van der Waals surface area contributed by atoms with E-state index in [1.807, 2.05) is 0 Å². The number of hydrogen-bond acceptors (Lipinski definition) is 2. The van der Waals surface area contributed by atoms with Crippen molar-refractivity contribution < 1.29 is 5.11 Å². The van der Waals surface area contributed by atoms with E-state index in [1.165, 1.54) is 0 Å². The summed E-state index contributed by atoms with van der Waals surface area (Å²) in [7, 11) is 0. The van der Waals surface area contributed by atoms with Gasteiger partial charge in [-0.2, -0.15) is 0 Å². The largest absolute Gasteiger partial charge is 0.396 e. The van der Waals surface area contributed by atoms with Crippen molar-refractivity contribution >= 4 is 28.4 Å². The highest BCUT2D eigenvalue weighted by Crippen LogP contribution is 2.20. The van der Waals surface area contributed by atoms with Crippen LogP contribution in [0.25, 0.3) is 0 Å². The first kappa shape index (κ1) is 8.05. The average molecular weight is 180 g/mol. The molecule has 2 nitrogen and oxygen atoms in total. The molecule has 0 bridgehead atoms. The minimum absolute atomic E-state index is 0.0394. The minimum atomic E-state index is 0.0394. The molecule has 1 rings (SSSR count). The first-order chi connectivity index (χ1) is 4.72. The van der Waals surface area contributed by atoms with Crippen molar-refractivity contribution in [3.63, 3.8) is 0 Å². The molecule has 0 amide bonds. The van der Waals surface area contributed by atoms with Crippen LogP contribution in [0.1, 0.15) is 6.42 Å². The van der Waals surface area contributed by atoms with E-state index >= 15 is 0 Å². The molecule has 0 aromatic rings. The van der Waals surface area contributed by atoms with E-state index in [-0.39, 0.29) is 12.5 Å². The molecule has 0 saturated heterocycles. The van der Waals surface area contributed by atoms with Gasteiger partial charge < -0.3 is 5.11 Å². The lowest BCUT2D eigenvalue weighted by atomic mass is 10.1. The maximum absolute atomic E-state index is 8.71. The fourth-order valence-electron chi connectivity index (χ4n) is 0.786. The molecule has 0 radical (unpaired) electrons. The minimum Gasteiger partial charge on any atom is -0.396 e. The zero-order chi connectivity index (χ0) is 7.56. The first-order valence-electron chi connectivity index (χ1n) is 2.93. The Labute approximate surface area is 69.2 Å². The van der Waals surface area contributed by atoms with Gasteiger partial charge in [-0.1, -0.05) is 23.2 Å². The molecule has 1 atom stereocenters. The molecule has 56 valence electrons. The molecule has 1 unspecified atom stereocenters. The maximum Gasteiger partial charge on any atom is 0.126 e. The van der Waals surface area contributed by atoms with Crippen molar-refractivity contribution in [1.29, 1.82) is 0 Å². The molecular formula is C6H7Cl2NO. The summed E-state index contributed by atoms with van der Waals surface area (Å²) in [5.41, 5.74) is 0. The standard InChI is InChI=1S/C6H7Cl2NO/c7-5-1-4(3-10)2-6(8)9-5/h1,4,10H,2-3H2. The first-order valence-corrected chi connectivity index (χ1v) is 3.69. The molecule has 0 spiro atoms. The topological polar surface area (TPSA) is 32.6 Å². The number of halogens is 2. The van der Waals surface area contributed by atoms with Crippen LogP contribution in [0, 0.1) is 5.92 Å². The van der Waals surface area contributed by atoms with Gasteiger partial charge >= 0.3 is 0 Å². The van der Waals surface area contributed by atoms with Crippen molar-refractivity contribution in [2.45, 2.75) is 6.42 Å². The second-order valence-electron chi connectivity index (χ2n) is 2.12. The summed E-state index contributed by atoms with van der Waals surface area (Å²) in [6, 6.07) is 0. The van der Waals surface area contributed by atoms with Crippen molar-refractivity contribution in [3.05, 3.63) is 11.2 Å². The molecule has 1 aliphatic rings.